The first-order chi connectivity index (χ1) is 11.4. The van der Waals surface area contributed by atoms with Gasteiger partial charge >= 0.3 is 6.03 Å². The Morgan fingerprint density at radius 3 is 2.62 bits per heavy atom. The summed E-state index contributed by atoms with van der Waals surface area (Å²) in [5.41, 5.74) is 4.00. The smallest absolute Gasteiger partial charge is 0.322 e. The van der Waals surface area contributed by atoms with Crippen LogP contribution in [0.25, 0.3) is 0 Å². The Bertz CT molecular complexity index is 783. The van der Waals surface area contributed by atoms with E-state index in [1.807, 2.05) is 38.1 Å². The van der Waals surface area contributed by atoms with Crippen LogP contribution in [0.5, 0.6) is 0 Å². The van der Waals surface area contributed by atoms with E-state index >= 15 is 0 Å². The number of hydrogen-bond acceptors (Lipinski definition) is 3. The number of carbonyl (C=O) groups excluding carboxylic acids is 2. The molecule has 1 aliphatic rings. The molecule has 1 aromatic carbocycles. The number of nitrogens with zero attached hydrogens (tertiary/aromatic N) is 2. The van der Waals surface area contributed by atoms with Gasteiger partial charge in [0.05, 0.1) is 6.54 Å². The molecule has 6 nitrogen and oxygen atoms in total. The molecule has 0 saturated heterocycles. The van der Waals surface area contributed by atoms with E-state index < -0.39 is 6.04 Å². The van der Waals surface area contributed by atoms with Crippen LogP contribution in [-0.2, 0) is 11.3 Å². The number of rotatable bonds is 1. The number of pyridine rings is 1. The van der Waals surface area contributed by atoms with Gasteiger partial charge in [-0.3, -0.25) is 9.78 Å². The number of amides is 3. The van der Waals surface area contributed by atoms with Crippen LogP contribution in [0.4, 0.5) is 16.2 Å². The number of nitrogens with one attached hydrogen (secondary N) is 2. The SMILES string of the molecule is Cc1cc(NC(=O)N2Cc3ccccc3NC(=O)C2C)cc(C)n1. The second-order valence-corrected chi connectivity index (χ2v) is 6.02. The van der Waals surface area contributed by atoms with Gasteiger partial charge < -0.3 is 15.5 Å². The topological polar surface area (TPSA) is 74.3 Å². The van der Waals surface area contributed by atoms with Crippen molar-refractivity contribution in [2.75, 3.05) is 10.6 Å². The monoisotopic (exact) mass is 324 g/mol. The van der Waals surface area contributed by atoms with Crippen molar-refractivity contribution in [2.45, 2.75) is 33.4 Å². The van der Waals surface area contributed by atoms with E-state index in [9.17, 15) is 9.59 Å². The van der Waals surface area contributed by atoms with Gasteiger partial charge in [0.1, 0.15) is 6.04 Å². The number of benzene rings is 1. The molecule has 0 spiro atoms. The zero-order chi connectivity index (χ0) is 17.3. The lowest BCUT2D eigenvalue weighted by Gasteiger charge is -2.26. The number of aromatic nitrogens is 1. The third-order valence-electron chi connectivity index (χ3n) is 4.06. The van der Waals surface area contributed by atoms with E-state index in [1.165, 1.54) is 4.90 Å². The fraction of sp³-hybridized carbons (Fsp3) is 0.278. The molecule has 6 heteroatoms. The first-order valence-electron chi connectivity index (χ1n) is 7.86. The van der Waals surface area contributed by atoms with Gasteiger partial charge in [-0.15, -0.1) is 0 Å². The molecule has 0 bridgehead atoms. The molecule has 24 heavy (non-hydrogen) atoms. The minimum absolute atomic E-state index is 0.197. The van der Waals surface area contributed by atoms with Crippen LogP contribution in [0.3, 0.4) is 0 Å². The number of aryl methyl sites for hydroxylation is 2. The summed E-state index contributed by atoms with van der Waals surface area (Å²) in [6, 6.07) is 10.3. The Kier molecular flexibility index (Phi) is 4.20. The van der Waals surface area contributed by atoms with E-state index in [1.54, 1.807) is 19.1 Å². The van der Waals surface area contributed by atoms with Gasteiger partial charge in [-0.05, 0) is 44.5 Å². The average Bonchev–Trinajstić information content (AvgIpc) is 2.64. The minimum atomic E-state index is -0.568. The fourth-order valence-electron chi connectivity index (χ4n) is 2.83. The van der Waals surface area contributed by atoms with Crippen LogP contribution >= 0.6 is 0 Å². The lowest BCUT2D eigenvalue weighted by Crippen LogP contribution is -2.45. The Hall–Kier alpha value is -2.89. The maximum Gasteiger partial charge on any atom is 0.322 e. The molecule has 2 aromatic rings. The van der Waals surface area contributed by atoms with E-state index in [4.69, 9.17) is 0 Å². The Morgan fingerprint density at radius 1 is 1.25 bits per heavy atom. The molecular formula is C18H20N4O2. The lowest BCUT2D eigenvalue weighted by molar-refractivity contribution is -0.119. The zero-order valence-electron chi connectivity index (χ0n) is 14.0. The van der Waals surface area contributed by atoms with Crippen molar-refractivity contribution in [1.82, 2.24) is 9.88 Å². The van der Waals surface area contributed by atoms with E-state index in [0.717, 1.165) is 22.6 Å². The van der Waals surface area contributed by atoms with Crippen LogP contribution < -0.4 is 10.6 Å². The summed E-state index contributed by atoms with van der Waals surface area (Å²) < 4.78 is 0. The van der Waals surface area contributed by atoms with Gasteiger partial charge in [-0.25, -0.2) is 4.79 Å². The Labute approximate surface area is 140 Å². The Morgan fingerprint density at radius 2 is 1.92 bits per heavy atom. The van der Waals surface area contributed by atoms with E-state index in [-0.39, 0.29) is 11.9 Å². The van der Waals surface area contributed by atoms with Crippen molar-refractivity contribution in [3.8, 4) is 0 Å². The van der Waals surface area contributed by atoms with Crippen molar-refractivity contribution in [2.24, 2.45) is 0 Å². The molecule has 1 aliphatic heterocycles. The first-order valence-corrected chi connectivity index (χ1v) is 7.86. The molecule has 3 amide bonds. The third-order valence-corrected chi connectivity index (χ3v) is 4.06. The van der Waals surface area contributed by atoms with Gasteiger partial charge in [0.25, 0.3) is 0 Å². The van der Waals surface area contributed by atoms with Gasteiger partial charge in [-0.2, -0.15) is 0 Å². The summed E-state index contributed by atoms with van der Waals surface area (Å²) in [6.07, 6.45) is 0. The quantitative estimate of drug-likeness (QED) is 0.846. The molecule has 0 radical (unpaired) electrons. The van der Waals surface area contributed by atoms with E-state index in [2.05, 4.69) is 15.6 Å². The summed E-state index contributed by atoms with van der Waals surface area (Å²) >= 11 is 0. The molecule has 1 atom stereocenters. The predicted molar refractivity (Wildman–Crippen MR) is 92.8 cm³/mol. The Balaban J connectivity index is 1.86. The van der Waals surface area contributed by atoms with Gasteiger partial charge in [0.15, 0.2) is 0 Å². The number of urea groups is 1. The largest absolute Gasteiger partial charge is 0.324 e. The highest BCUT2D eigenvalue weighted by molar-refractivity contribution is 6.00. The molecule has 2 heterocycles. The van der Waals surface area contributed by atoms with Gasteiger partial charge in [0.2, 0.25) is 5.91 Å². The average molecular weight is 324 g/mol. The second kappa shape index (κ2) is 6.31. The highest BCUT2D eigenvalue weighted by atomic mass is 16.2. The summed E-state index contributed by atoms with van der Waals surface area (Å²) in [6.45, 7) is 5.84. The van der Waals surface area contributed by atoms with Crippen LogP contribution in [0.2, 0.25) is 0 Å². The number of carbonyl (C=O) groups is 2. The molecule has 2 N–H and O–H groups in total. The molecule has 0 fully saturated rings. The number of hydrogen-bond donors (Lipinski definition) is 2. The standard InChI is InChI=1S/C18H20N4O2/c1-11-8-15(9-12(2)19-11)20-18(24)22-10-14-6-4-5-7-16(14)21-17(23)13(22)3/h4-9,13H,10H2,1-3H3,(H,21,23)(H,19,20,24). The van der Waals surface area contributed by atoms with Crippen molar-refractivity contribution < 1.29 is 9.59 Å². The molecule has 1 aromatic heterocycles. The van der Waals surface area contributed by atoms with Crippen molar-refractivity contribution in [1.29, 1.82) is 0 Å². The summed E-state index contributed by atoms with van der Waals surface area (Å²) in [5, 5.41) is 5.74. The maximum absolute atomic E-state index is 12.7. The number of anilines is 2. The van der Waals surface area contributed by atoms with Crippen molar-refractivity contribution in [3.05, 3.63) is 53.3 Å². The number of para-hydroxylation sites is 1. The summed E-state index contributed by atoms with van der Waals surface area (Å²) in [4.78, 5) is 30.9. The second-order valence-electron chi connectivity index (χ2n) is 6.02. The van der Waals surface area contributed by atoms with Crippen LogP contribution in [0, 0.1) is 13.8 Å². The molecule has 0 aliphatic carbocycles. The normalized spacial score (nSPS) is 16.9. The maximum atomic E-state index is 12.7. The minimum Gasteiger partial charge on any atom is -0.324 e. The lowest BCUT2D eigenvalue weighted by atomic mass is 10.1. The molecule has 124 valence electrons. The van der Waals surface area contributed by atoms with E-state index in [0.29, 0.717) is 12.2 Å². The molecular weight excluding hydrogens is 304 g/mol. The highest BCUT2D eigenvalue weighted by Gasteiger charge is 2.30. The summed E-state index contributed by atoms with van der Waals surface area (Å²) in [5.74, 6) is -0.197. The molecule has 1 unspecified atom stereocenters. The summed E-state index contributed by atoms with van der Waals surface area (Å²) in [7, 11) is 0. The van der Waals surface area contributed by atoms with Crippen LogP contribution in [0.15, 0.2) is 36.4 Å². The zero-order valence-corrected chi connectivity index (χ0v) is 14.0. The number of fused-ring (bicyclic) bond motifs is 1. The third kappa shape index (κ3) is 3.22. The van der Waals surface area contributed by atoms with Crippen molar-refractivity contribution >= 4 is 23.3 Å². The fourth-order valence-corrected chi connectivity index (χ4v) is 2.83. The van der Waals surface area contributed by atoms with Gasteiger partial charge in [-0.1, -0.05) is 18.2 Å². The first kappa shape index (κ1) is 16.0. The van der Waals surface area contributed by atoms with Crippen LogP contribution in [-0.4, -0.2) is 27.9 Å². The predicted octanol–water partition coefficient (Wildman–Crippen LogP) is 3.07. The van der Waals surface area contributed by atoms with Crippen LogP contribution in [0.1, 0.15) is 23.9 Å². The van der Waals surface area contributed by atoms with Gasteiger partial charge in [0, 0.05) is 22.8 Å². The molecule has 0 saturated carbocycles. The highest BCUT2D eigenvalue weighted by Crippen LogP contribution is 2.23. The van der Waals surface area contributed by atoms with Crippen molar-refractivity contribution in [3.63, 3.8) is 0 Å². The molecule has 3 rings (SSSR count).